The van der Waals surface area contributed by atoms with Gasteiger partial charge in [0.25, 0.3) is 5.56 Å². The van der Waals surface area contributed by atoms with Gasteiger partial charge in [-0.1, -0.05) is 48.0 Å². The Hall–Kier alpha value is -4.13. The average molecular weight is 506 g/mol. The zero-order valence-electron chi connectivity index (χ0n) is 20.0. The predicted octanol–water partition coefficient (Wildman–Crippen LogP) is 5.95. The van der Waals surface area contributed by atoms with Crippen LogP contribution in [0.3, 0.4) is 0 Å². The van der Waals surface area contributed by atoms with Gasteiger partial charge in [-0.2, -0.15) is 0 Å². The van der Waals surface area contributed by atoms with E-state index in [0.29, 0.717) is 16.2 Å². The molecular weight excluding hydrogens is 482 g/mol. The van der Waals surface area contributed by atoms with Gasteiger partial charge in [0.15, 0.2) is 0 Å². The van der Waals surface area contributed by atoms with Gasteiger partial charge in [-0.15, -0.1) is 0 Å². The van der Waals surface area contributed by atoms with Gasteiger partial charge in [0.05, 0.1) is 21.4 Å². The van der Waals surface area contributed by atoms with Crippen LogP contribution in [0.25, 0.3) is 55.1 Å². The topological polar surface area (TPSA) is 76.8 Å². The molecule has 182 valence electrons. The Morgan fingerprint density at radius 3 is 2.43 bits per heavy atom. The van der Waals surface area contributed by atoms with Crippen molar-refractivity contribution in [3.63, 3.8) is 0 Å². The van der Waals surface area contributed by atoms with Crippen LogP contribution in [0.15, 0.2) is 83.8 Å². The molecule has 0 saturated carbocycles. The van der Waals surface area contributed by atoms with Crippen molar-refractivity contribution in [2.24, 2.45) is 0 Å². The molecule has 0 radical (unpaired) electrons. The lowest BCUT2D eigenvalue weighted by Gasteiger charge is -2.29. The molecule has 1 fully saturated rings. The smallest absolute Gasteiger partial charge is 0.256 e. The molecule has 3 N–H and O–H groups in total. The number of imidazole rings is 1. The van der Waals surface area contributed by atoms with Gasteiger partial charge in [-0.3, -0.25) is 4.79 Å². The van der Waals surface area contributed by atoms with Crippen molar-refractivity contribution in [3.05, 3.63) is 94.4 Å². The molecule has 0 bridgehead atoms. The SMILES string of the molecule is O=c1[nH]ccc2c3nc(-c4ccccc4Cl)[nH]c3c3ccc(-c4ccc(N5CCNCC5)cc4)cc3c12. The molecule has 6 nitrogen and oxygen atoms in total. The average Bonchev–Trinajstić information content (AvgIpc) is 3.39. The minimum absolute atomic E-state index is 0.127. The zero-order chi connectivity index (χ0) is 24.9. The molecular formula is C30H24ClN5O. The Bertz CT molecular complexity index is 1850. The summed E-state index contributed by atoms with van der Waals surface area (Å²) in [6.07, 6.45) is 1.68. The van der Waals surface area contributed by atoms with Crippen molar-refractivity contribution in [1.29, 1.82) is 0 Å². The van der Waals surface area contributed by atoms with Crippen LogP contribution in [-0.4, -0.2) is 41.1 Å². The molecule has 0 unspecified atom stereocenters. The highest BCUT2D eigenvalue weighted by molar-refractivity contribution is 6.33. The summed E-state index contributed by atoms with van der Waals surface area (Å²) < 4.78 is 0. The maximum Gasteiger partial charge on any atom is 0.256 e. The van der Waals surface area contributed by atoms with Crippen molar-refractivity contribution >= 4 is 49.9 Å². The van der Waals surface area contributed by atoms with E-state index >= 15 is 0 Å². The fourth-order valence-electron chi connectivity index (χ4n) is 5.42. The summed E-state index contributed by atoms with van der Waals surface area (Å²) in [7, 11) is 0. The first kappa shape index (κ1) is 22.1. The number of rotatable bonds is 3. The van der Waals surface area contributed by atoms with Crippen LogP contribution >= 0.6 is 11.6 Å². The number of aromatic amines is 2. The lowest BCUT2D eigenvalue weighted by atomic mass is 9.96. The number of benzene rings is 4. The van der Waals surface area contributed by atoms with E-state index in [-0.39, 0.29) is 5.56 Å². The lowest BCUT2D eigenvalue weighted by Crippen LogP contribution is -2.43. The first-order valence-electron chi connectivity index (χ1n) is 12.5. The van der Waals surface area contributed by atoms with E-state index in [9.17, 15) is 4.79 Å². The molecule has 7 rings (SSSR count). The molecule has 0 amide bonds. The van der Waals surface area contributed by atoms with Crippen LogP contribution in [-0.2, 0) is 0 Å². The standard InChI is InChI=1S/C30H24ClN5O/c31-25-4-2-1-3-22(25)29-34-27-21-10-7-19(18-5-8-20(9-6-18)36-15-13-32-14-16-36)17-24(21)26-23(28(27)35-29)11-12-33-30(26)37/h1-12,17,32H,13-16H2,(H,33,37)(H,34,35). The largest absolute Gasteiger partial charge is 0.369 e. The van der Waals surface area contributed by atoms with Gasteiger partial charge in [0, 0.05) is 54.4 Å². The number of aromatic nitrogens is 3. The van der Waals surface area contributed by atoms with Gasteiger partial charge in [0.2, 0.25) is 0 Å². The molecule has 3 heterocycles. The molecule has 0 spiro atoms. The highest BCUT2D eigenvalue weighted by Crippen LogP contribution is 2.37. The molecule has 4 aromatic carbocycles. The second-order valence-electron chi connectivity index (χ2n) is 9.43. The number of H-pyrrole nitrogens is 2. The highest BCUT2D eigenvalue weighted by Gasteiger charge is 2.17. The molecule has 0 aliphatic carbocycles. The van der Waals surface area contributed by atoms with Crippen molar-refractivity contribution in [2.75, 3.05) is 31.1 Å². The lowest BCUT2D eigenvalue weighted by molar-refractivity contribution is 0.589. The van der Waals surface area contributed by atoms with Crippen molar-refractivity contribution in [1.82, 2.24) is 20.3 Å². The van der Waals surface area contributed by atoms with Crippen LogP contribution in [0.2, 0.25) is 5.02 Å². The molecule has 1 aliphatic rings. The van der Waals surface area contributed by atoms with Gasteiger partial charge in [-0.25, -0.2) is 4.98 Å². The molecule has 7 heteroatoms. The van der Waals surface area contributed by atoms with Crippen molar-refractivity contribution in [2.45, 2.75) is 0 Å². The quantitative estimate of drug-likeness (QED) is 0.260. The van der Waals surface area contributed by atoms with E-state index in [1.165, 1.54) is 5.69 Å². The Kier molecular flexibility index (Phi) is 5.23. The van der Waals surface area contributed by atoms with E-state index in [0.717, 1.165) is 70.1 Å². The number of nitrogens with one attached hydrogen (secondary N) is 3. The number of fused-ring (bicyclic) bond motifs is 6. The Labute approximate surface area is 217 Å². The molecule has 1 saturated heterocycles. The summed E-state index contributed by atoms with van der Waals surface area (Å²) in [4.78, 5) is 26.8. The van der Waals surface area contributed by atoms with Gasteiger partial charge in [0.1, 0.15) is 5.82 Å². The second-order valence-corrected chi connectivity index (χ2v) is 9.84. The number of pyridine rings is 1. The summed E-state index contributed by atoms with van der Waals surface area (Å²) in [6, 6.07) is 24.6. The van der Waals surface area contributed by atoms with Crippen LogP contribution in [0.5, 0.6) is 0 Å². The number of halogens is 1. The number of nitrogens with zero attached hydrogens (tertiary/aromatic N) is 2. The summed E-state index contributed by atoms with van der Waals surface area (Å²) in [5.74, 6) is 0.683. The van der Waals surface area contributed by atoms with Gasteiger partial charge >= 0.3 is 0 Å². The van der Waals surface area contributed by atoms with E-state index in [1.807, 2.05) is 30.3 Å². The zero-order valence-corrected chi connectivity index (χ0v) is 20.8. The van der Waals surface area contributed by atoms with Crippen LogP contribution in [0, 0.1) is 0 Å². The monoisotopic (exact) mass is 505 g/mol. The third kappa shape index (κ3) is 3.68. The van der Waals surface area contributed by atoms with Crippen LogP contribution < -0.4 is 15.8 Å². The third-order valence-electron chi connectivity index (χ3n) is 7.29. The number of hydrogen-bond donors (Lipinski definition) is 3. The molecule has 37 heavy (non-hydrogen) atoms. The predicted molar refractivity (Wildman–Crippen MR) is 153 cm³/mol. The fraction of sp³-hybridized carbons (Fsp3) is 0.133. The first-order chi connectivity index (χ1) is 18.2. The maximum absolute atomic E-state index is 13.1. The normalized spacial score (nSPS) is 14.1. The minimum Gasteiger partial charge on any atom is -0.369 e. The number of anilines is 1. The highest BCUT2D eigenvalue weighted by atomic mass is 35.5. The maximum atomic E-state index is 13.1. The summed E-state index contributed by atoms with van der Waals surface area (Å²) in [5, 5.41) is 7.32. The molecule has 1 aliphatic heterocycles. The Morgan fingerprint density at radius 2 is 1.62 bits per heavy atom. The molecule has 6 aromatic rings. The third-order valence-corrected chi connectivity index (χ3v) is 7.62. The number of piperazine rings is 1. The minimum atomic E-state index is -0.127. The van der Waals surface area contributed by atoms with E-state index < -0.39 is 0 Å². The molecule has 2 aromatic heterocycles. The van der Waals surface area contributed by atoms with Crippen LogP contribution in [0.4, 0.5) is 5.69 Å². The van der Waals surface area contributed by atoms with E-state index in [4.69, 9.17) is 16.6 Å². The van der Waals surface area contributed by atoms with E-state index in [1.54, 1.807) is 6.20 Å². The first-order valence-corrected chi connectivity index (χ1v) is 12.8. The fourth-order valence-corrected chi connectivity index (χ4v) is 5.65. The van der Waals surface area contributed by atoms with Gasteiger partial charge in [-0.05, 0) is 52.9 Å². The van der Waals surface area contributed by atoms with Crippen molar-refractivity contribution < 1.29 is 0 Å². The van der Waals surface area contributed by atoms with Crippen molar-refractivity contribution in [3.8, 4) is 22.5 Å². The molecule has 0 atom stereocenters. The Balaban J connectivity index is 1.42. The summed E-state index contributed by atoms with van der Waals surface area (Å²) in [5.41, 5.74) is 5.77. The van der Waals surface area contributed by atoms with Gasteiger partial charge < -0.3 is 20.2 Å². The summed E-state index contributed by atoms with van der Waals surface area (Å²) in [6.45, 7) is 4.05. The second kappa shape index (κ2) is 8.76. The summed E-state index contributed by atoms with van der Waals surface area (Å²) >= 11 is 6.48. The Morgan fingerprint density at radius 1 is 0.838 bits per heavy atom. The van der Waals surface area contributed by atoms with Crippen LogP contribution in [0.1, 0.15) is 0 Å². The number of hydrogen-bond acceptors (Lipinski definition) is 4. The van der Waals surface area contributed by atoms with E-state index in [2.05, 4.69) is 62.6 Å².